The molecule has 0 spiro atoms. The van der Waals surface area contributed by atoms with E-state index in [1.807, 2.05) is 19.1 Å². The zero-order valence-corrected chi connectivity index (χ0v) is 12.6. The summed E-state index contributed by atoms with van der Waals surface area (Å²) in [7, 11) is 0. The molecule has 4 nitrogen and oxygen atoms in total. The lowest BCUT2D eigenvalue weighted by Crippen LogP contribution is -2.24. The van der Waals surface area contributed by atoms with Gasteiger partial charge in [-0.15, -0.1) is 0 Å². The van der Waals surface area contributed by atoms with Crippen LogP contribution in [0.1, 0.15) is 18.1 Å². The zero-order valence-electron chi connectivity index (χ0n) is 12.6. The minimum Gasteiger partial charge on any atom is -0.484 e. The second-order valence-corrected chi connectivity index (χ2v) is 4.75. The Kier molecular flexibility index (Phi) is 5.80. The van der Waals surface area contributed by atoms with Crippen molar-refractivity contribution in [3.8, 4) is 5.75 Å². The molecule has 2 aromatic rings. The summed E-state index contributed by atoms with van der Waals surface area (Å²) in [6.07, 6.45) is 2.15. The summed E-state index contributed by atoms with van der Waals surface area (Å²) in [4.78, 5) is 11.6. The van der Waals surface area contributed by atoms with Crippen LogP contribution in [-0.4, -0.2) is 18.7 Å². The molecule has 1 amide bonds. The van der Waals surface area contributed by atoms with E-state index in [0.29, 0.717) is 11.3 Å². The third-order valence-corrected chi connectivity index (χ3v) is 3.05. The molecule has 0 atom stereocenters. The average Bonchev–Trinajstić information content (AvgIpc) is 2.56. The van der Waals surface area contributed by atoms with Gasteiger partial charge in [0.05, 0.1) is 6.21 Å². The van der Waals surface area contributed by atoms with E-state index in [1.54, 1.807) is 12.1 Å². The van der Waals surface area contributed by atoms with E-state index in [9.17, 15) is 13.6 Å². The molecule has 1 N–H and O–H groups in total. The second kappa shape index (κ2) is 8.03. The standard InChI is InChI=1S/C17H16F2N2O2/c1-2-12-3-6-14(7-4-12)23-11-17(22)21-20-10-13-5-8-15(18)16(19)9-13/h3-10H,2,11H2,1H3,(H,21,22)/b20-10+. The number of amides is 1. The highest BCUT2D eigenvalue weighted by atomic mass is 19.2. The summed E-state index contributed by atoms with van der Waals surface area (Å²) in [5, 5.41) is 3.66. The van der Waals surface area contributed by atoms with E-state index in [1.165, 1.54) is 17.8 Å². The van der Waals surface area contributed by atoms with Gasteiger partial charge in [-0.3, -0.25) is 4.79 Å². The maximum atomic E-state index is 13.0. The van der Waals surface area contributed by atoms with Gasteiger partial charge in [-0.1, -0.05) is 25.1 Å². The average molecular weight is 318 g/mol. The molecule has 0 aromatic heterocycles. The van der Waals surface area contributed by atoms with Crippen molar-refractivity contribution in [1.29, 1.82) is 0 Å². The zero-order chi connectivity index (χ0) is 16.7. The number of ether oxygens (including phenoxy) is 1. The third-order valence-electron chi connectivity index (χ3n) is 3.05. The van der Waals surface area contributed by atoms with Gasteiger partial charge in [-0.2, -0.15) is 5.10 Å². The highest BCUT2D eigenvalue weighted by Gasteiger charge is 2.03. The lowest BCUT2D eigenvalue weighted by atomic mass is 10.2. The van der Waals surface area contributed by atoms with Crippen LogP contribution in [0, 0.1) is 11.6 Å². The van der Waals surface area contributed by atoms with Crippen molar-refractivity contribution in [2.24, 2.45) is 5.10 Å². The maximum absolute atomic E-state index is 13.0. The van der Waals surface area contributed by atoms with Crippen LogP contribution in [0.25, 0.3) is 0 Å². The van der Waals surface area contributed by atoms with Gasteiger partial charge in [0.15, 0.2) is 18.2 Å². The Hall–Kier alpha value is -2.76. The van der Waals surface area contributed by atoms with Gasteiger partial charge in [-0.05, 0) is 41.8 Å². The van der Waals surface area contributed by atoms with Crippen molar-refractivity contribution >= 4 is 12.1 Å². The predicted octanol–water partition coefficient (Wildman–Crippen LogP) is 3.06. The van der Waals surface area contributed by atoms with Crippen molar-refractivity contribution in [2.45, 2.75) is 13.3 Å². The molecule has 2 rings (SSSR count). The Morgan fingerprint density at radius 3 is 2.57 bits per heavy atom. The van der Waals surface area contributed by atoms with Crippen molar-refractivity contribution in [1.82, 2.24) is 5.43 Å². The monoisotopic (exact) mass is 318 g/mol. The molecule has 0 saturated carbocycles. The molecule has 0 aliphatic heterocycles. The Bertz CT molecular complexity index is 700. The number of hydrogen-bond acceptors (Lipinski definition) is 3. The number of hydrogen-bond donors (Lipinski definition) is 1. The van der Waals surface area contributed by atoms with Crippen LogP contribution < -0.4 is 10.2 Å². The van der Waals surface area contributed by atoms with Crippen LogP contribution in [0.4, 0.5) is 8.78 Å². The van der Waals surface area contributed by atoms with Crippen LogP contribution in [0.15, 0.2) is 47.6 Å². The molecule has 120 valence electrons. The van der Waals surface area contributed by atoms with Crippen molar-refractivity contribution < 1.29 is 18.3 Å². The molecule has 0 radical (unpaired) electrons. The quantitative estimate of drug-likeness (QED) is 0.657. The van der Waals surface area contributed by atoms with E-state index in [4.69, 9.17) is 4.74 Å². The summed E-state index contributed by atoms with van der Waals surface area (Å²) in [6, 6.07) is 10.7. The number of nitrogens with one attached hydrogen (secondary N) is 1. The van der Waals surface area contributed by atoms with Crippen LogP contribution >= 0.6 is 0 Å². The fourth-order valence-electron chi connectivity index (χ4n) is 1.77. The molecular formula is C17H16F2N2O2. The molecule has 0 heterocycles. The highest BCUT2D eigenvalue weighted by molar-refractivity contribution is 5.82. The van der Waals surface area contributed by atoms with Gasteiger partial charge in [0.1, 0.15) is 5.75 Å². The first-order valence-corrected chi connectivity index (χ1v) is 7.07. The number of benzene rings is 2. The normalized spacial score (nSPS) is 10.7. The molecule has 0 bridgehead atoms. The van der Waals surface area contributed by atoms with Gasteiger partial charge in [0, 0.05) is 0 Å². The van der Waals surface area contributed by atoms with Crippen LogP contribution in [0.2, 0.25) is 0 Å². The number of aryl methyl sites for hydroxylation is 1. The Balaban J connectivity index is 1.79. The molecule has 6 heteroatoms. The Labute approximate surface area is 132 Å². The number of halogens is 2. The molecule has 0 saturated heterocycles. The number of carbonyl (C=O) groups excluding carboxylic acids is 1. The van der Waals surface area contributed by atoms with Crippen LogP contribution in [0.5, 0.6) is 5.75 Å². The first-order valence-electron chi connectivity index (χ1n) is 7.07. The Morgan fingerprint density at radius 2 is 1.91 bits per heavy atom. The molecule has 23 heavy (non-hydrogen) atoms. The third kappa shape index (κ3) is 5.18. The maximum Gasteiger partial charge on any atom is 0.277 e. The van der Waals surface area contributed by atoms with Crippen LogP contribution in [-0.2, 0) is 11.2 Å². The van der Waals surface area contributed by atoms with E-state index in [0.717, 1.165) is 18.6 Å². The number of hydrazone groups is 1. The van der Waals surface area contributed by atoms with E-state index in [2.05, 4.69) is 10.5 Å². The van der Waals surface area contributed by atoms with Gasteiger partial charge in [0.2, 0.25) is 0 Å². The highest BCUT2D eigenvalue weighted by Crippen LogP contribution is 2.12. The lowest BCUT2D eigenvalue weighted by Gasteiger charge is -2.05. The van der Waals surface area contributed by atoms with E-state index < -0.39 is 17.5 Å². The summed E-state index contributed by atoms with van der Waals surface area (Å²) < 4.78 is 31.0. The fourth-order valence-corrected chi connectivity index (χ4v) is 1.77. The Morgan fingerprint density at radius 1 is 1.17 bits per heavy atom. The molecule has 0 aliphatic carbocycles. The summed E-state index contributed by atoms with van der Waals surface area (Å²) in [5.41, 5.74) is 3.76. The first kappa shape index (κ1) is 16.6. The van der Waals surface area contributed by atoms with Crippen molar-refractivity contribution in [3.05, 3.63) is 65.2 Å². The summed E-state index contributed by atoms with van der Waals surface area (Å²) >= 11 is 0. The van der Waals surface area contributed by atoms with Gasteiger partial charge in [-0.25, -0.2) is 14.2 Å². The number of rotatable bonds is 6. The van der Waals surface area contributed by atoms with Gasteiger partial charge < -0.3 is 4.74 Å². The molecule has 2 aromatic carbocycles. The summed E-state index contributed by atoms with van der Waals surface area (Å²) in [6.45, 7) is 1.86. The van der Waals surface area contributed by atoms with E-state index in [-0.39, 0.29) is 6.61 Å². The second-order valence-electron chi connectivity index (χ2n) is 4.75. The molecule has 0 fully saturated rings. The van der Waals surface area contributed by atoms with Crippen LogP contribution in [0.3, 0.4) is 0 Å². The molecule has 0 unspecified atom stereocenters. The molecular weight excluding hydrogens is 302 g/mol. The van der Waals surface area contributed by atoms with E-state index >= 15 is 0 Å². The molecule has 0 aliphatic rings. The number of carbonyl (C=O) groups is 1. The minimum absolute atomic E-state index is 0.194. The predicted molar refractivity (Wildman–Crippen MR) is 83.4 cm³/mol. The van der Waals surface area contributed by atoms with Gasteiger partial charge in [0.25, 0.3) is 5.91 Å². The summed E-state index contributed by atoms with van der Waals surface area (Å²) in [5.74, 6) is -1.78. The van der Waals surface area contributed by atoms with Crippen molar-refractivity contribution in [2.75, 3.05) is 6.61 Å². The fraction of sp³-hybridized carbons (Fsp3) is 0.176. The van der Waals surface area contributed by atoms with Gasteiger partial charge >= 0.3 is 0 Å². The van der Waals surface area contributed by atoms with Crippen molar-refractivity contribution in [3.63, 3.8) is 0 Å². The largest absolute Gasteiger partial charge is 0.484 e. The lowest BCUT2D eigenvalue weighted by molar-refractivity contribution is -0.123. The smallest absolute Gasteiger partial charge is 0.277 e. The first-order chi connectivity index (χ1) is 11.1. The number of nitrogens with zero attached hydrogens (tertiary/aromatic N) is 1. The minimum atomic E-state index is -0.973. The SMILES string of the molecule is CCc1ccc(OCC(=O)N/N=C/c2ccc(F)c(F)c2)cc1. The topological polar surface area (TPSA) is 50.7 Å².